The molecule has 0 fully saturated rings. The molecule has 0 amide bonds. The van der Waals surface area contributed by atoms with Crippen molar-refractivity contribution < 1.29 is 14.8 Å². The fourth-order valence-corrected chi connectivity index (χ4v) is 3.09. The van der Waals surface area contributed by atoms with Gasteiger partial charge < -0.3 is 5.11 Å². The number of phenolic OH excluding ortho intramolecular Hbond substituents is 1. The molecule has 0 bridgehead atoms. The average molecular weight is 359 g/mol. The summed E-state index contributed by atoms with van der Waals surface area (Å²) in [4.78, 5) is 22.6. The Morgan fingerprint density at radius 2 is 1.79 bits per heavy atom. The van der Waals surface area contributed by atoms with Gasteiger partial charge in [-0.15, -0.1) is 0 Å². The molecule has 24 heavy (non-hydrogen) atoms. The summed E-state index contributed by atoms with van der Waals surface area (Å²) in [6.45, 7) is 0. The van der Waals surface area contributed by atoms with Crippen molar-refractivity contribution >= 4 is 35.1 Å². The van der Waals surface area contributed by atoms with E-state index in [4.69, 9.17) is 12.2 Å². The van der Waals surface area contributed by atoms with Gasteiger partial charge in [-0.3, -0.25) is 14.9 Å². The zero-order valence-electron chi connectivity index (χ0n) is 11.9. The molecule has 3 aromatic rings. The van der Waals surface area contributed by atoms with Gasteiger partial charge in [-0.2, -0.15) is 9.78 Å². The van der Waals surface area contributed by atoms with Crippen LogP contribution in [0.2, 0.25) is 0 Å². The Labute approximate surface area is 144 Å². The molecule has 120 valence electrons. The molecule has 1 heterocycles. The van der Waals surface area contributed by atoms with Crippen molar-refractivity contribution in [2.75, 3.05) is 0 Å². The van der Waals surface area contributed by atoms with Crippen molar-refractivity contribution in [3.05, 3.63) is 68.2 Å². The van der Waals surface area contributed by atoms with Gasteiger partial charge in [0.15, 0.2) is 3.95 Å². The molecular weight excluding hydrogens is 350 g/mol. The van der Waals surface area contributed by atoms with Crippen LogP contribution in [0.3, 0.4) is 0 Å². The fourth-order valence-electron chi connectivity index (χ4n) is 1.97. The molecule has 0 saturated carbocycles. The number of hydrogen-bond acceptors (Lipinski definition) is 7. The average Bonchev–Trinajstić information content (AvgIpc) is 2.97. The highest BCUT2D eigenvalue weighted by molar-refractivity contribution is 7.73. The van der Waals surface area contributed by atoms with Crippen molar-refractivity contribution in [3.8, 4) is 16.3 Å². The van der Waals surface area contributed by atoms with E-state index in [0.29, 0.717) is 16.1 Å². The van der Waals surface area contributed by atoms with Gasteiger partial charge >= 0.3 is 0 Å². The van der Waals surface area contributed by atoms with E-state index in [0.717, 1.165) is 16.0 Å². The number of non-ortho nitro benzene ring substituents is 1. The van der Waals surface area contributed by atoms with E-state index >= 15 is 0 Å². The molecule has 0 aliphatic carbocycles. The summed E-state index contributed by atoms with van der Waals surface area (Å²) >= 11 is 6.32. The minimum absolute atomic E-state index is 0.0260. The Morgan fingerprint density at radius 3 is 2.38 bits per heavy atom. The monoisotopic (exact) mass is 359 g/mol. The first-order valence-corrected chi connectivity index (χ1v) is 7.87. The number of hydrogen-bond donors (Lipinski definition) is 1. The number of nitro benzene ring substituents is 1. The highest BCUT2D eigenvalue weighted by atomic mass is 32.1. The van der Waals surface area contributed by atoms with Gasteiger partial charge in [0.1, 0.15) is 10.8 Å². The van der Waals surface area contributed by atoms with Gasteiger partial charge in [-0.1, -0.05) is 11.3 Å². The molecule has 0 radical (unpaired) electrons. The summed E-state index contributed by atoms with van der Waals surface area (Å²) in [5.74, 6) is -0.357. The van der Waals surface area contributed by atoms with Crippen molar-refractivity contribution in [1.29, 1.82) is 0 Å². The first-order valence-electron chi connectivity index (χ1n) is 6.64. The molecule has 0 atom stereocenters. The third-order valence-corrected chi connectivity index (χ3v) is 4.46. The highest BCUT2D eigenvalue weighted by Crippen LogP contribution is 2.25. The van der Waals surface area contributed by atoms with Crippen molar-refractivity contribution in [1.82, 2.24) is 9.78 Å². The highest BCUT2D eigenvalue weighted by Gasteiger charge is 2.15. The number of aromatic nitrogens is 2. The zero-order valence-corrected chi connectivity index (χ0v) is 13.6. The van der Waals surface area contributed by atoms with Gasteiger partial charge in [0.25, 0.3) is 11.6 Å². The van der Waals surface area contributed by atoms with Crippen molar-refractivity contribution in [2.45, 2.75) is 0 Å². The third-order valence-electron chi connectivity index (χ3n) is 3.18. The summed E-state index contributed by atoms with van der Waals surface area (Å²) < 4.78 is 1.37. The van der Waals surface area contributed by atoms with Crippen LogP contribution in [0.4, 0.5) is 5.69 Å². The Bertz CT molecular complexity index is 975. The molecule has 0 saturated heterocycles. The first-order chi connectivity index (χ1) is 11.5. The predicted octanol–water partition coefficient (Wildman–Crippen LogP) is 3.64. The van der Waals surface area contributed by atoms with Crippen LogP contribution in [0, 0.1) is 14.1 Å². The van der Waals surface area contributed by atoms with Crippen LogP contribution < -0.4 is 0 Å². The smallest absolute Gasteiger partial charge is 0.280 e. The first kappa shape index (κ1) is 16.0. The molecule has 0 aliphatic rings. The summed E-state index contributed by atoms with van der Waals surface area (Å²) in [5.41, 5.74) is 0.945. The van der Waals surface area contributed by atoms with Gasteiger partial charge in [-0.05, 0) is 48.6 Å². The third kappa shape index (κ3) is 3.07. The molecule has 3 rings (SSSR count). The number of phenols is 1. The van der Waals surface area contributed by atoms with Gasteiger partial charge in [0.2, 0.25) is 0 Å². The lowest BCUT2D eigenvalue weighted by Gasteiger charge is -2.00. The van der Waals surface area contributed by atoms with Crippen LogP contribution >= 0.6 is 23.6 Å². The van der Waals surface area contributed by atoms with Gasteiger partial charge in [0.05, 0.1) is 4.92 Å². The second kappa shape index (κ2) is 6.30. The largest absolute Gasteiger partial charge is 0.508 e. The lowest BCUT2D eigenvalue weighted by atomic mass is 10.2. The van der Waals surface area contributed by atoms with Crippen LogP contribution in [-0.4, -0.2) is 25.7 Å². The second-order valence-electron chi connectivity index (χ2n) is 4.74. The molecule has 0 aliphatic heterocycles. The van der Waals surface area contributed by atoms with Gasteiger partial charge in [-0.25, -0.2) is 0 Å². The topological polar surface area (TPSA) is 98.3 Å². The quantitative estimate of drug-likeness (QED) is 0.435. The number of rotatable bonds is 3. The maximum Gasteiger partial charge on any atom is 0.280 e. The Balaban J connectivity index is 1.95. The van der Waals surface area contributed by atoms with E-state index in [1.165, 1.54) is 36.4 Å². The van der Waals surface area contributed by atoms with Crippen molar-refractivity contribution in [3.63, 3.8) is 0 Å². The lowest BCUT2D eigenvalue weighted by Crippen LogP contribution is -2.13. The molecule has 9 heteroatoms. The van der Waals surface area contributed by atoms with E-state index in [1.54, 1.807) is 12.1 Å². The van der Waals surface area contributed by atoms with Crippen LogP contribution in [-0.2, 0) is 0 Å². The molecule has 1 aromatic heterocycles. The lowest BCUT2D eigenvalue weighted by molar-refractivity contribution is -0.384. The molecule has 2 aromatic carbocycles. The maximum absolute atomic E-state index is 12.4. The van der Waals surface area contributed by atoms with E-state index in [1.807, 2.05) is 0 Å². The Hall–Kier alpha value is -2.91. The minimum Gasteiger partial charge on any atom is -0.508 e. The number of nitrogens with zero attached hydrogens (tertiary/aromatic N) is 3. The van der Waals surface area contributed by atoms with E-state index in [-0.39, 0.29) is 15.4 Å². The predicted molar refractivity (Wildman–Crippen MR) is 90.9 cm³/mol. The number of carbonyl (C=O) groups is 1. The zero-order chi connectivity index (χ0) is 17.3. The number of benzene rings is 2. The minimum atomic E-state index is -0.487. The molecular formula is C15H9N3O4S2. The van der Waals surface area contributed by atoms with Gasteiger partial charge in [0, 0.05) is 23.3 Å². The van der Waals surface area contributed by atoms with Crippen LogP contribution in [0.25, 0.3) is 10.6 Å². The van der Waals surface area contributed by atoms with E-state index < -0.39 is 10.8 Å². The van der Waals surface area contributed by atoms with Crippen LogP contribution in [0.5, 0.6) is 5.75 Å². The fraction of sp³-hybridized carbons (Fsp3) is 0. The maximum atomic E-state index is 12.4. The van der Waals surface area contributed by atoms with Crippen molar-refractivity contribution in [2.24, 2.45) is 0 Å². The molecule has 0 spiro atoms. The van der Waals surface area contributed by atoms with Crippen LogP contribution in [0.1, 0.15) is 10.4 Å². The second-order valence-corrected chi connectivity index (χ2v) is 6.36. The Morgan fingerprint density at radius 1 is 1.17 bits per heavy atom. The summed E-state index contributed by atoms with van der Waals surface area (Å²) in [5, 5.41) is 24.7. The normalized spacial score (nSPS) is 10.5. The van der Waals surface area contributed by atoms with E-state index in [9.17, 15) is 20.0 Å². The summed E-state index contributed by atoms with van der Waals surface area (Å²) in [7, 11) is 0. The van der Waals surface area contributed by atoms with E-state index in [2.05, 4.69) is 5.10 Å². The molecule has 7 nitrogen and oxygen atoms in total. The molecule has 0 unspecified atom stereocenters. The van der Waals surface area contributed by atoms with Crippen LogP contribution in [0.15, 0.2) is 48.5 Å². The summed E-state index contributed by atoms with van der Waals surface area (Å²) in [6.07, 6.45) is 0. The molecule has 1 N–H and O–H groups in total. The number of nitro groups is 1. The summed E-state index contributed by atoms with van der Waals surface area (Å²) in [6, 6.07) is 11.6. The number of carbonyl (C=O) groups excluding carboxylic acids is 1. The Kier molecular flexibility index (Phi) is 4.19. The SMILES string of the molecule is O=C(c1ccc(O)cc1)n1nc(-c2ccc([N+](=O)[O-])cc2)sc1=S. The standard InChI is InChI=1S/C15H9N3O4S2/c19-12-7-3-10(4-8-12)14(20)17-15(23)24-13(16-17)9-1-5-11(6-2-9)18(21)22/h1-8,19H. The number of aromatic hydroxyl groups is 1.